The van der Waals surface area contributed by atoms with Crippen LogP contribution in [0.15, 0.2) is 33.4 Å². The molecule has 2 saturated carbocycles. The van der Waals surface area contributed by atoms with Crippen molar-refractivity contribution in [1.29, 1.82) is 0 Å². The normalized spacial score (nSPS) is 18.5. The van der Waals surface area contributed by atoms with Gasteiger partial charge in [-0.2, -0.15) is 11.3 Å². The Morgan fingerprint density at radius 3 is 2.67 bits per heavy atom. The van der Waals surface area contributed by atoms with Crippen molar-refractivity contribution in [2.75, 3.05) is 0 Å². The summed E-state index contributed by atoms with van der Waals surface area (Å²) in [6.45, 7) is 2.85. The van der Waals surface area contributed by atoms with Gasteiger partial charge in [-0.15, -0.1) is 0 Å². The topological polar surface area (TPSA) is 28.4 Å². The first-order valence-corrected chi connectivity index (χ1v) is 8.87. The lowest BCUT2D eigenvalue weighted by Crippen LogP contribution is -2.24. The Morgan fingerprint density at radius 1 is 1.10 bits per heavy atom. The first kappa shape index (κ1) is 13.6. The number of rotatable bonds is 8. The molecule has 21 heavy (non-hydrogen) atoms. The summed E-state index contributed by atoms with van der Waals surface area (Å²) in [5.41, 5.74) is 1.43. The third-order valence-corrected chi connectivity index (χ3v) is 4.98. The first-order chi connectivity index (χ1) is 10.4. The van der Waals surface area contributed by atoms with E-state index >= 15 is 0 Å². The summed E-state index contributed by atoms with van der Waals surface area (Å²) in [4.78, 5) is 2.55. The van der Waals surface area contributed by atoms with Gasteiger partial charge < -0.3 is 9.73 Å². The second-order valence-corrected chi connectivity index (χ2v) is 7.07. The van der Waals surface area contributed by atoms with Crippen molar-refractivity contribution in [2.24, 2.45) is 0 Å². The van der Waals surface area contributed by atoms with E-state index in [0.29, 0.717) is 0 Å². The molecule has 2 heterocycles. The van der Waals surface area contributed by atoms with Crippen molar-refractivity contribution in [3.8, 4) is 0 Å². The molecule has 1 N–H and O–H groups in total. The molecule has 0 atom stereocenters. The molecule has 2 aromatic rings. The number of thiophene rings is 1. The van der Waals surface area contributed by atoms with Crippen molar-refractivity contribution in [3.63, 3.8) is 0 Å². The van der Waals surface area contributed by atoms with Crippen LogP contribution in [-0.4, -0.2) is 17.0 Å². The molecule has 112 valence electrons. The number of furan rings is 1. The molecule has 0 unspecified atom stereocenters. The minimum atomic E-state index is 0.736. The van der Waals surface area contributed by atoms with Gasteiger partial charge in [0.1, 0.15) is 11.5 Å². The van der Waals surface area contributed by atoms with Crippen LogP contribution in [0.2, 0.25) is 0 Å². The number of hydrogen-bond donors (Lipinski definition) is 1. The van der Waals surface area contributed by atoms with E-state index < -0.39 is 0 Å². The summed E-state index contributed by atoms with van der Waals surface area (Å²) in [5, 5.41) is 7.92. The first-order valence-electron chi connectivity index (χ1n) is 7.93. The number of nitrogens with one attached hydrogen (secondary N) is 1. The highest BCUT2D eigenvalue weighted by atomic mass is 32.1. The molecule has 0 aliphatic heterocycles. The molecular formula is C17H22N2OS. The minimum absolute atomic E-state index is 0.736. The molecule has 0 amide bonds. The second-order valence-electron chi connectivity index (χ2n) is 6.29. The van der Waals surface area contributed by atoms with Crippen molar-refractivity contribution in [2.45, 2.75) is 57.4 Å². The third-order valence-electron chi connectivity index (χ3n) is 4.25. The van der Waals surface area contributed by atoms with Crippen molar-refractivity contribution in [3.05, 3.63) is 46.0 Å². The predicted octanol–water partition coefficient (Wildman–Crippen LogP) is 3.76. The van der Waals surface area contributed by atoms with Gasteiger partial charge in [0, 0.05) is 18.6 Å². The zero-order valence-corrected chi connectivity index (χ0v) is 13.1. The van der Waals surface area contributed by atoms with Crippen LogP contribution < -0.4 is 5.32 Å². The summed E-state index contributed by atoms with van der Waals surface area (Å²) < 4.78 is 5.99. The van der Waals surface area contributed by atoms with Crippen LogP contribution in [-0.2, 0) is 19.6 Å². The Bertz CT molecular complexity index is 569. The maximum Gasteiger partial charge on any atom is 0.118 e. The summed E-state index contributed by atoms with van der Waals surface area (Å²) >= 11 is 1.78. The van der Waals surface area contributed by atoms with Gasteiger partial charge in [-0.05, 0) is 60.2 Å². The van der Waals surface area contributed by atoms with E-state index in [-0.39, 0.29) is 0 Å². The van der Waals surface area contributed by atoms with Crippen molar-refractivity contribution >= 4 is 11.3 Å². The molecule has 0 radical (unpaired) electrons. The standard InChI is InChI=1S/C17H22N2OS/c1-2-14(1)18-9-16-5-6-17(20-16)11-19(15-3-4-15)10-13-7-8-21-12-13/h5-8,12,14-15,18H,1-4,9-11H2. The van der Waals surface area contributed by atoms with Crippen LogP contribution in [0.1, 0.15) is 42.8 Å². The highest BCUT2D eigenvalue weighted by molar-refractivity contribution is 7.07. The maximum absolute atomic E-state index is 5.99. The Balaban J connectivity index is 1.35. The Labute approximate surface area is 130 Å². The van der Waals surface area contributed by atoms with Crippen LogP contribution in [0.3, 0.4) is 0 Å². The minimum Gasteiger partial charge on any atom is -0.463 e. The SMILES string of the molecule is c1cc(CN(Cc2ccc(CNC3CC3)o2)C2CC2)cs1. The average molecular weight is 302 g/mol. The molecule has 0 saturated heterocycles. The zero-order valence-electron chi connectivity index (χ0n) is 12.3. The van der Waals surface area contributed by atoms with Gasteiger partial charge >= 0.3 is 0 Å². The molecule has 4 heteroatoms. The summed E-state index contributed by atoms with van der Waals surface area (Å²) in [7, 11) is 0. The Morgan fingerprint density at radius 2 is 1.95 bits per heavy atom. The van der Waals surface area contributed by atoms with Gasteiger partial charge in [0.25, 0.3) is 0 Å². The van der Waals surface area contributed by atoms with E-state index in [9.17, 15) is 0 Å². The van der Waals surface area contributed by atoms with E-state index in [2.05, 4.69) is 39.2 Å². The average Bonchev–Trinajstić information content (AvgIpc) is 3.41. The molecule has 4 rings (SSSR count). The van der Waals surface area contributed by atoms with Crippen molar-refractivity contribution < 1.29 is 4.42 Å². The van der Waals surface area contributed by atoms with E-state index in [4.69, 9.17) is 4.42 Å². The molecule has 0 bridgehead atoms. The number of nitrogens with zero attached hydrogens (tertiary/aromatic N) is 1. The van der Waals surface area contributed by atoms with E-state index in [0.717, 1.165) is 43.2 Å². The molecule has 2 aromatic heterocycles. The quantitative estimate of drug-likeness (QED) is 0.805. The van der Waals surface area contributed by atoms with E-state index in [1.165, 1.54) is 31.2 Å². The molecule has 3 nitrogen and oxygen atoms in total. The van der Waals surface area contributed by atoms with Crippen LogP contribution in [0.4, 0.5) is 0 Å². The molecule has 0 aromatic carbocycles. The number of hydrogen-bond acceptors (Lipinski definition) is 4. The Kier molecular flexibility index (Phi) is 3.84. The molecule has 2 aliphatic carbocycles. The lowest BCUT2D eigenvalue weighted by molar-refractivity contribution is 0.223. The van der Waals surface area contributed by atoms with Gasteiger partial charge in [0.15, 0.2) is 0 Å². The summed E-state index contributed by atoms with van der Waals surface area (Å²) in [6.07, 6.45) is 5.31. The Hall–Kier alpha value is -1.10. The van der Waals surface area contributed by atoms with Gasteiger partial charge in [-0.25, -0.2) is 0 Å². The molecular weight excluding hydrogens is 280 g/mol. The van der Waals surface area contributed by atoms with E-state index in [1.807, 2.05) is 0 Å². The van der Waals surface area contributed by atoms with Crippen LogP contribution in [0.5, 0.6) is 0 Å². The highest BCUT2D eigenvalue weighted by Gasteiger charge is 2.29. The zero-order chi connectivity index (χ0) is 14.1. The summed E-state index contributed by atoms with van der Waals surface area (Å²) in [6, 6.07) is 7.99. The van der Waals surface area contributed by atoms with Gasteiger partial charge in [0.05, 0.1) is 13.1 Å². The smallest absolute Gasteiger partial charge is 0.118 e. The van der Waals surface area contributed by atoms with E-state index in [1.54, 1.807) is 11.3 Å². The fourth-order valence-electron chi connectivity index (χ4n) is 2.71. The second kappa shape index (κ2) is 5.95. The van der Waals surface area contributed by atoms with Crippen LogP contribution >= 0.6 is 11.3 Å². The highest BCUT2D eigenvalue weighted by Crippen LogP contribution is 2.30. The largest absolute Gasteiger partial charge is 0.463 e. The molecule has 2 fully saturated rings. The van der Waals surface area contributed by atoms with Crippen LogP contribution in [0, 0.1) is 0 Å². The van der Waals surface area contributed by atoms with Crippen LogP contribution in [0.25, 0.3) is 0 Å². The fourth-order valence-corrected chi connectivity index (χ4v) is 3.37. The third kappa shape index (κ3) is 3.76. The lowest BCUT2D eigenvalue weighted by atomic mass is 10.3. The fraction of sp³-hybridized carbons (Fsp3) is 0.529. The van der Waals surface area contributed by atoms with Gasteiger partial charge in [-0.3, -0.25) is 4.90 Å². The van der Waals surface area contributed by atoms with Crippen molar-refractivity contribution in [1.82, 2.24) is 10.2 Å². The predicted molar refractivity (Wildman–Crippen MR) is 85.2 cm³/mol. The molecule has 0 spiro atoms. The van der Waals surface area contributed by atoms with Gasteiger partial charge in [-0.1, -0.05) is 0 Å². The lowest BCUT2D eigenvalue weighted by Gasteiger charge is -2.20. The maximum atomic E-state index is 5.99. The van der Waals surface area contributed by atoms with Gasteiger partial charge in [0.2, 0.25) is 0 Å². The monoisotopic (exact) mass is 302 g/mol. The molecule has 2 aliphatic rings. The summed E-state index contributed by atoms with van der Waals surface area (Å²) in [5.74, 6) is 2.17.